The van der Waals surface area contributed by atoms with Gasteiger partial charge in [0.2, 0.25) is 5.91 Å². The van der Waals surface area contributed by atoms with Crippen molar-refractivity contribution in [3.63, 3.8) is 0 Å². The molecule has 0 bridgehead atoms. The summed E-state index contributed by atoms with van der Waals surface area (Å²) >= 11 is 0. The van der Waals surface area contributed by atoms with E-state index in [1.54, 1.807) is 24.1 Å². The molecule has 21 heavy (non-hydrogen) atoms. The lowest BCUT2D eigenvalue weighted by molar-refractivity contribution is -0.141. The summed E-state index contributed by atoms with van der Waals surface area (Å²) in [6.07, 6.45) is 3.69. The molecule has 1 aromatic carbocycles. The fraction of sp³-hybridized carbons (Fsp3) is 0.267. The molecule has 6 heteroatoms. The van der Waals surface area contributed by atoms with Gasteiger partial charge in [0.15, 0.2) is 0 Å². The first-order valence-corrected chi connectivity index (χ1v) is 6.58. The first-order valence-electron chi connectivity index (χ1n) is 6.58. The van der Waals surface area contributed by atoms with Crippen LogP contribution in [0.1, 0.15) is 11.1 Å². The lowest BCUT2D eigenvalue weighted by atomic mass is 10.1. The highest BCUT2D eigenvalue weighted by molar-refractivity contribution is 5.85. The smallest absolute Gasteiger partial charge is 0.326 e. The van der Waals surface area contributed by atoms with Crippen LogP contribution < -0.4 is 5.32 Å². The van der Waals surface area contributed by atoms with Crippen LogP contribution in [0.3, 0.4) is 0 Å². The largest absolute Gasteiger partial charge is 0.480 e. The molecule has 1 aromatic heterocycles. The Labute approximate surface area is 122 Å². The van der Waals surface area contributed by atoms with E-state index in [2.05, 4.69) is 10.4 Å². The number of carboxylic acids is 1. The Balaban J connectivity index is 1.96. The molecule has 6 nitrogen and oxygen atoms in total. The average Bonchev–Trinajstić information content (AvgIpc) is 2.84. The molecule has 0 aliphatic rings. The number of carbonyl (C=O) groups excluding carboxylic acids is 1. The number of hydrogen-bond acceptors (Lipinski definition) is 3. The molecule has 1 heterocycles. The van der Waals surface area contributed by atoms with Crippen LogP contribution in [0.2, 0.25) is 0 Å². The molecular formula is C15H17N3O3. The van der Waals surface area contributed by atoms with Gasteiger partial charge in [-0.3, -0.25) is 9.48 Å². The zero-order valence-electron chi connectivity index (χ0n) is 11.7. The van der Waals surface area contributed by atoms with E-state index in [1.807, 2.05) is 30.3 Å². The van der Waals surface area contributed by atoms with Crippen molar-refractivity contribution in [1.82, 2.24) is 15.1 Å². The van der Waals surface area contributed by atoms with E-state index in [0.717, 1.165) is 11.1 Å². The zero-order valence-corrected chi connectivity index (χ0v) is 11.7. The number of aryl methyl sites for hydroxylation is 1. The highest BCUT2D eigenvalue weighted by atomic mass is 16.4. The van der Waals surface area contributed by atoms with Crippen LogP contribution in [-0.2, 0) is 29.5 Å². The summed E-state index contributed by atoms with van der Waals surface area (Å²) in [6, 6.07) is 8.28. The van der Waals surface area contributed by atoms with Crippen LogP contribution in [0, 0.1) is 0 Å². The fourth-order valence-corrected chi connectivity index (χ4v) is 2.04. The molecule has 0 saturated heterocycles. The van der Waals surface area contributed by atoms with Crippen molar-refractivity contribution in [1.29, 1.82) is 0 Å². The Morgan fingerprint density at radius 3 is 2.57 bits per heavy atom. The van der Waals surface area contributed by atoms with Gasteiger partial charge in [-0.1, -0.05) is 30.3 Å². The van der Waals surface area contributed by atoms with Crippen molar-refractivity contribution in [2.24, 2.45) is 7.05 Å². The molecule has 0 aliphatic carbocycles. The van der Waals surface area contributed by atoms with Crippen molar-refractivity contribution >= 4 is 11.9 Å². The molecule has 110 valence electrons. The van der Waals surface area contributed by atoms with Gasteiger partial charge < -0.3 is 10.4 Å². The molecule has 0 fully saturated rings. The van der Waals surface area contributed by atoms with Crippen molar-refractivity contribution in [2.45, 2.75) is 18.9 Å². The summed E-state index contributed by atoms with van der Waals surface area (Å²) in [5, 5.41) is 15.7. The maximum absolute atomic E-state index is 11.9. The summed E-state index contributed by atoms with van der Waals surface area (Å²) in [6.45, 7) is 0. The number of aromatic nitrogens is 2. The van der Waals surface area contributed by atoms with E-state index in [-0.39, 0.29) is 18.7 Å². The molecule has 2 aromatic rings. The number of carbonyl (C=O) groups is 2. The van der Waals surface area contributed by atoms with Crippen molar-refractivity contribution in [2.75, 3.05) is 0 Å². The van der Waals surface area contributed by atoms with E-state index in [0.29, 0.717) is 0 Å². The number of aliphatic carboxylic acids is 1. The van der Waals surface area contributed by atoms with Gasteiger partial charge in [0.25, 0.3) is 0 Å². The van der Waals surface area contributed by atoms with Gasteiger partial charge in [-0.25, -0.2) is 4.79 Å². The van der Waals surface area contributed by atoms with Crippen LogP contribution in [0.5, 0.6) is 0 Å². The predicted octanol–water partition coefficient (Wildman–Crippen LogP) is 0.775. The number of carboxylic acid groups (broad SMARTS) is 1. The van der Waals surface area contributed by atoms with Gasteiger partial charge in [-0.05, 0) is 11.1 Å². The highest BCUT2D eigenvalue weighted by Gasteiger charge is 2.20. The third-order valence-electron chi connectivity index (χ3n) is 3.04. The SMILES string of the molecule is Cn1cc(CC(=O)N[C@@H](Cc2ccccc2)C(=O)O)cn1. The number of benzene rings is 1. The van der Waals surface area contributed by atoms with Gasteiger partial charge in [0, 0.05) is 19.7 Å². The number of amides is 1. The maximum Gasteiger partial charge on any atom is 0.326 e. The monoisotopic (exact) mass is 287 g/mol. The quantitative estimate of drug-likeness (QED) is 0.822. The van der Waals surface area contributed by atoms with Crippen molar-refractivity contribution in [3.8, 4) is 0 Å². The lowest BCUT2D eigenvalue weighted by Gasteiger charge is -2.14. The van der Waals surface area contributed by atoms with Gasteiger partial charge in [0.05, 0.1) is 12.6 Å². The van der Waals surface area contributed by atoms with Gasteiger partial charge in [-0.2, -0.15) is 5.10 Å². The van der Waals surface area contributed by atoms with Crippen LogP contribution in [0.15, 0.2) is 42.7 Å². The molecule has 0 aliphatic heterocycles. The fourth-order valence-electron chi connectivity index (χ4n) is 2.04. The second-order valence-electron chi connectivity index (χ2n) is 4.85. The second kappa shape index (κ2) is 6.69. The van der Waals surface area contributed by atoms with E-state index < -0.39 is 12.0 Å². The number of nitrogens with one attached hydrogen (secondary N) is 1. The summed E-state index contributed by atoms with van der Waals surface area (Å²) in [5.74, 6) is -1.37. The standard InChI is InChI=1S/C15H17N3O3/c1-18-10-12(9-16-18)8-14(19)17-13(15(20)21)7-11-5-3-2-4-6-11/h2-6,9-10,13H,7-8H2,1H3,(H,17,19)(H,20,21)/t13-/m0/s1. The second-order valence-corrected chi connectivity index (χ2v) is 4.85. The Hall–Kier alpha value is -2.63. The molecule has 2 rings (SSSR count). The van der Waals surface area contributed by atoms with Crippen LogP contribution in [0.4, 0.5) is 0 Å². The Morgan fingerprint density at radius 2 is 2.00 bits per heavy atom. The molecule has 2 N–H and O–H groups in total. The summed E-state index contributed by atoms with van der Waals surface area (Å²) in [5.41, 5.74) is 1.62. The highest BCUT2D eigenvalue weighted by Crippen LogP contribution is 2.04. The topological polar surface area (TPSA) is 84.2 Å². The van der Waals surface area contributed by atoms with Gasteiger partial charge >= 0.3 is 5.97 Å². The minimum atomic E-state index is -1.04. The van der Waals surface area contributed by atoms with E-state index >= 15 is 0 Å². The normalized spacial score (nSPS) is 11.9. The number of nitrogens with zero attached hydrogens (tertiary/aromatic N) is 2. The number of hydrogen-bond donors (Lipinski definition) is 2. The third kappa shape index (κ3) is 4.45. The number of rotatable bonds is 6. The lowest BCUT2D eigenvalue weighted by Crippen LogP contribution is -2.43. The third-order valence-corrected chi connectivity index (χ3v) is 3.04. The van der Waals surface area contributed by atoms with Crippen LogP contribution in [0.25, 0.3) is 0 Å². The molecule has 1 amide bonds. The van der Waals surface area contributed by atoms with E-state index in [4.69, 9.17) is 0 Å². The first kappa shape index (κ1) is 14.8. The molecular weight excluding hydrogens is 270 g/mol. The molecule has 1 atom stereocenters. The molecule has 0 radical (unpaired) electrons. The summed E-state index contributed by atoms with van der Waals surface area (Å²) in [4.78, 5) is 23.2. The maximum atomic E-state index is 11.9. The van der Waals surface area contributed by atoms with Crippen LogP contribution in [-0.4, -0.2) is 32.8 Å². The Bertz CT molecular complexity index is 622. The Morgan fingerprint density at radius 1 is 1.29 bits per heavy atom. The van der Waals surface area contributed by atoms with Gasteiger partial charge in [-0.15, -0.1) is 0 Å². The molecule has 0 saturated carbocycles. The van der Waals surface area contributed by atoms with Crippen LogP contribution >= 0.6 is 0 Å². The predicted molar refractivity (Wildman–Crippen MR) is 76.6 cm³/mol. The summed E-state index contributed by atoms with van der Waals surface area (Å²) < 4.78 is 1.60. The minimum Gasteiger partial charge on any atom is -0.480 e. The van der Waals surface area contributed by atoms with Crippen molar-refractivity contribution in [3.05, 3.63) is 53.9 Å². The zero-order chi connectivity index (χ0) is 15.2. The average molecular weight is 287 g/mol. The van der Waals surface area contributed by atoms with Crippen molar-refractivity contribution < 1.29 is 14.7 Å². The summed E-state index contributed by atoms with van der Waals surface area (Å²) in [7, 11) is 1.76. The Kier molecular flexibility index (Phi) is 4.71. The molecule has 0 unspecified atom stereocenters. The minimum absolute atomic E-state index is 0.117. The van der Waals surface area contributed by atoms with E-state index in [9.17, 15) is 14.7 Å². The van der Waals surface area contributed by atoms with Gasteiger partial charge in [0.1, 0.15) is 6.04 Å². The first-order chi connectivity index (χ1) is 10.0. The van der Waals surface area contributed by atoms with E-state index in [1.165, 1.54) is 0 Å². The molecule has 0 spiro atoms.